The molecule has 6 rings (SSSR count). The molecule has 1 aromatic heterocycles. The number of carbonyl (C=O) groups is 1. The first-order valence-corrected chi connectivity index (χ1v) is 16.9. The Kier molecular flexibility index (Phi) is 10.5. The van der Waals surface area contributed by atoms with Crippen LogP contribution in [0, 0.1) is 0 Å². The van der Waals surface area contributed by atoms with Crippen molar-refractivity contribution in [3.05, 3.63) is 94.8 Å². The van der Waals surface area contributed by atoms with Gasteiger partial charge in [0.2, 0.25) is 0 Å². The largest absolute Gasteiger partial charge is 0.445 e. The maximum Gasteiger partial charge on any atom is 0.407 e. The number of anilines is 2. The average molecular weight is 642 g/mol. The third kappa shape index (κ3) is 7.54. The molecule has 0 bridgehead atoms. The van der Waals surface area contributed by atoms with E-state index in [1.165, 1.54) is 17.7 Å². The Morgan fingerprint density at radius 3 is 2.41 bits per heavy atom. The predicted octanol–water partition coefficient (Wildman–Crippen LogP) is 5.95. The van der Waals surface area contributed by atoms with Crippen LogP contribution in [-0.2, 0) is 16.8 Å². The minimum Gasteiger partial charge on any atom is -0.445 e. The fourth-order valence-electron chi connectivity index (χ4n) is 6.76. The molecule has 0 atom stereocenters. The van der Waals surface area contributed by atoms with Crippen molar-refractivity contribution in [1.29, 1.82) is 0 Å². The van der Waals surface area contributed by atoms with Gasteiger partial charge in [-0.15, -0.1) is 0 Å². The van der Waals surface area contributed by atoms with Gasteiger partial charge in [-0.05, 0) is 54.3 Å². The topological polar surface area (TPSA) is 109 Å². The maximum absolute atomic E-state index is 12.4. The van der Waals surface area contributed by atoms with Crippen LogP contribution in [0.5, 0.6) is 0 Å². The van der Waals surface area contributed by atoms with Crippen LogP contribution in [0.1, 0.15) is 49.1 Å². The third-order valence-corrected chi connectivity index (χ3v) is 9.55. The molecule has 3 aromatic carbocycles. The minimum absolute atomic E-state index is 0.233. The lowest BCUT2D eigenvalue weighted by molar-refractivity contribution is 0.140. The molecule has 2 aliphatic rings. The molecule has 9 nitrogen and oxygen atoms in total. The first-order chi connectivity index (χ1) is 22.5. The number of nitrogens with one attached hydrogen (secondary N) is 2. The zero-order valence-corrected chi connectivity index (χ0v) is 27.1. The summed E-state index contributed by atoms with van der Waals surface area (Å²) in [6.07, 6.45) is 4.97. The molecule has 1 aliphatic heterocycles. The van der Waals surface area contributed by atoms with Crippen LogP contribution in [-0.4, -0.2) is 73.3 Å². The maximum atomic E-state index is 12.4. The Hall–Kier alpha value is -3.92. The molecule has 0 spiro atoms. The second-order valence-corrected chi connectivity index (χ2v) is 12.7. The van der Waals surface area contributed by atoms with Gasteiger partial charge in [0, 0.05) is 68.5 Å². The number of nitrogens with two attached hydrogens (primary N) is 1. The standard InChI is InChI=1S/C36H44ClN7O2/c37-29-11-9-28(10-12-29)36(15-5-2-6-16-36)34-41-32-25-30(44-23-21-43(20-17-38)22-24-44)13-14-31(32)33(42-34)39-18-19-40-35(45)46-26-27-7-3-1-4-8-27/h1,3-4,7-14,25H,2,5-6,15-24,26,38H2,(H,40,45)(H,39,41,42). The summed E-state index contributed by atoms with van der Waals surface area (Å²) in [5.74, 6) is 1.61. The van der Waals surface area contributed by atoms with Gasteiger partial charge in [-0.25, -0.2) is 14.8 Å². The van der Waals surface area contributed by atoms with Crippen LogP contribution >= 0.6 is 11.6 Å². The predicted molar refractivity (Wildman–Crippen MR) is 186 cm³/mol. The van der Waals surface area contributed by atoms with Gasteiger partial charge in [-0.2, -0.15) is 0 Å². The summed E-state index contributed by atoms with van der Waals surface area (Å²) >= 11 is 6.31. The SMILES string of the molecule is NCCN1CCN(c2ccc3c(NCCNC(=O)OCc4ccccc4)nc(C4(c5ccc(Cl)cc5)CCCCC4)nc3c2)CC1. The number of aromatic nitrogens is 2. The van der Waals surface area contributed by atoms with Gasteiger partial charge in [0.15, 0.2) is 0 Å². The van der Waals surface area contributed by atoms with Crippen LogP contribution in [0.4, 0.5) is 16.3 Å². The molecule has 4 aromatic rings. The molecule has 1 saturated carbocycles. The van der Waals surface area contributed by atoms with Crippen LogP contribution in [0.2, 0.25) is 5.02 Å². The van der Waals surface area contributed by atoms with Crippen molar-refractivity contribution in [3.63, 3.8) is 0 Å². The van der Waals surface area contributed by atoms with E-state index in [4.69, 9.17) is 32.0 Å². The van der Waals surface area contributed by atoms with E-state index in [9.17, 15) is 4.79 Å². The highest BCUT2D eigenvalue weighted by Gasteiger charge is 2.39. The van der Waals surface area contributed by atoms with Crippen molar-refractivity contribution in [3.8, 4) is 0 Å². The van der Waals surface area contributed by atoms with Crippen molar-refractivity contribution in [1.82, 2.24) is 20.2 Å². The van der Waals surface area contributed by atoms with E-state index >= 15 is 0 Å². The first-order valence-electron chi connectivity index (χ1n) is 16.5. The Labute approximate surface area is 276 Å². The quantitative estimate of drug-likeness (QED) is 0.172. The van der Waals surface area contributed by atoms with E-state index in [0.717, 1.165) is 91.5 Å². The van der Waals surface area contributed by atoms with Gasteiger partial charge >= 0.3 is 6.09 Å². The van der Waals surface area contributed by atoms with Gasteiger partial charge in [0.05, 0.1) is 10.9 Å². The van der Waals surface area contributed by atoms with Gasteiger partial charge in [-0.3, -0.25) is 4.90 Å². The summed E-state index contributed by atoms with van der Waals surface area (Å²) in [7, 11) is 0. The molecule has 46 heavy (non-hydrogen) atoms. The number of ether oxygens (including phenoxy) is 1. The van der Waals surface area contributed by atoms with E-state index < -0.39 is 6.09 Å². The smallest absolute Gasteiger partial charge is 0.407 e. The van der Waals surface area contributed by atoms with E-state index in [1.54, 1.807) is 0 Å². The van der Waals surface area contributed by atoms with E-state index in [1.807, 2.05) is 42.5 Å². The molecule has 1 saturated heterocycles. The number of alkyl carbamates (subject to hydrolysis) is 1. The Morgan fingerprint density at radius 2 is 1.67 bits per heavy atom. The molecule has 1 aliphatic carbocycles. The fraction of sp³-hybridized carbons (Fsp3) is 0.417. The number of hydrogen-bond acceptors (Lipinski definition) is 8. The van der Waals surface area contributed by atoms with Crippen LogP contribution in [0.15, 0.2) is 72.8 Å². The van der Waals surface area contributed by atoms with Crippen LogP contribution < -0.4 is 21.3 Å². The highest BCUT2D eigenvalue weighted by atomic mass is 35.5. The summed E-state index contributed by atoms with van der Waals surface area (Å²) < 4.78 is 5.38. The fourth-order valence-corrected chi connectivity index (χ4v) is 6.89. The molecule has 1 amide bonds. The molecule has 4 N–H and O–H groups in total. The van der Waals surface area contributed by atoms with Crippen LogP contribution in [0.25, 0.3) is 10.9 Å². The molecule has 0 radical (unpaired) electrons. The number of nitrogens with zero attached hydrogens (tertiary/aromatic N) is 4. The van der Waals surface area contributed by atoms with Crippen molar-refractivity contribution >= 4 is 40.1 Å². The minimum atomic E-state index is -0.445. The van der Waals surface area contributed by atoms with E-state index in [-0.39, 0.29) is 12.0 Å². The number of amides is 1. The van der Waals surface area contributed by atoms with Gasteiger partial charge in [0.25, 0.3) is 0 Å². The zero-order chi connectivity index (χ0) is 31.8. The number of fused-ring (bicyclic) bond motifs is 1. The second-order valence-electron chi connectivity index (χ2n) is 12.3. The lowest BCUT2D eigenvalue weighted by Crippen LogP contribution is -2.47. The summed E-state index contributed by atoms with van der Waals surface area (Å²) in [5, 5.41) is 8.06. The molecule has 0 unspecified atom stereocenters. The van der Waals surface area contributed by atoms with E-state index in [2.05, 4.69) is 50.8 Å². The third-order valence-electron chi connectivity index (χ3n) is 9.29. The summed E-state index contributed by atoms with van der Waals surface area (Å²) in [6.45, 7) is 6.64. The first kappa shape index (κ1) is 32.0. The van der Waals surface area contributed by atoms with Gasteiger partial charge < -0.3 is 26.0 Å². The highest BCUT2D eigenvalue weighted by molar-refractivity contribution is 6.30. The molecular weight excluding hydrogens is 598 g/mol. The number of halogens is 1. The lowest BCUT2D eigenvalue weighted by atomic mass is 9.68. The molecular formula is C36H44ClN7O2. The van der Waals surface area contributed by atoms with Crippen LogP contribution in [0.3, 0.4) is 0 Å². The Bertz CT molecular complexity index is 1590. The van der Waals surface area contributed by atoms with E-state index in [0.29, 0.717) is 19.6 Å². The number of carbonyl (C=O) groups excluding carboxylic acids is 1. The molecule has 2 heterocycles. The number of benzene rings is 3. The number of rotatable bonds is 11. The van der Waals surface area contributed by atoms with Crippen molar-refractivity contribution in [2.45, 2.75) is 44.1 Å². The lowest BCUT2D eigenvalue weighted by Gasteiger charge is -2.37. The number of hydrogen-bond donors (Lipinski definition) is 3. The van der Waals surface area contributed by atoms with Crippen molar-refractivity contribution in [2.24, 2.45) is 5.73 Å². The summed E-state index contributed by atoms with van der Waals surface area (Å²) in [5.41, 5.74) is 9.75. The molecule has 242 valence electrons. The highest BCUT2D eigenvalue weighted by Crippen LogP contribution is 2.45. The normalized spacial score (nSPS) is 16.7. The van der Waals surface area contributed by atoms with Crippen molar-refractivity contribution < 1.29 is 9.53 Å². The average Bonchev–Trinajstić information content (AvgIpc) is 3.10. The van der Waals surface area contributed by atoms with Gasteiger partial charge in [0.1, 0.15) is 18.2 Å². The summed E-state index contributed by atoms with van der Waals surface area (Å²) in [4.78, 5) is 27.8. The zero-order valence-electron chi connectivity index (χ0n) is 26.4. The second kappa shape index (κ2) is 15.1. The number of piperazine rings is 1. The molecule has 2 fully saturated rings. The monoisotopic (exact) mass is 641 g/mol. The molecule has 10 heteroatoms. The Morgan fingerprint density at radius 1 is 0.913 bits per heavy atom. The van der Waals surface area contributed by atoms with Crippen molar-refractivity contribution in [2.75, 3.05) is 62.6 Å². The summed E-state index contributed by atoms with van der Waals surface area (Å²) in [6, 6.07) is 24.4. The Balaban J connectivity index is 1.25. The van der Waals surface area contributed by atoms with Gasteiger partial charge in [-0.1, -0.05) is 73.3 Å².